The van der Waals surface area contributed by atoms with E-state index in [1.807, 2.05) is 34.9 Å². The van der Waals surface area contributed by atoms with Gasteiger partial charge in [-0.25, -0.2) is 9.97 Å². The number of hydrogen-bond acceptors (Lipinski definition) is 3. The van der Waals surface area contributed by atoms with Gasteiger partial charge in [0.25, 0.3) is 0 Å². The lowest BCUT2D eigenvalue weighted by atomic mass is 10.2. The molecule has 0 radical (unpaired) electrons. The quantitative estimate of drug-likeness (QED) is 0.632. The molecule has 0 aliphatic rings. The van der Waals surface area contributed by atoms with Crippen molar-refractivity contribution in [2.24, 2.45) is 0 Å². The fraction of sp³-hybridized carbons (Fsp3) is 0. The van der Waals surface area contributed by atoms with Crippen LogP contribution in [-0.4, -0.2) is 14.5 Å². The molecule has 17 heavy (non-hydrogen) atoms. The Hall–Kier alpha value is -2.67. The van der Waals surface area contributed by atoms with E-state index in [-0.39, 0.29) is 0 Å². The summed E-state index contributed by atoms with van der Waals surface area (Å²) in [4.78, 5) is 8.55. The molecule has 2 aromatic heterocycles. The summed E-state index contributed by atoms with van der Waals surface area (Å²) in [6.07, 6.45) is 3.45. The van der Waals surface area contributed by atoms with Crippen LogP contribution in [0.15, 0.2) is 48.9 Å². The Morgan fingerprint density at radius 3 is 2.82 bits per heavy atom. The molecule has 0 N–H and O–H groups in total. The number of benzene rings is 1. The van der Waals surface area contributed by atoms with Crippen LogP contribution >= 0.6 is 0 Å². The molecule has 0 unspecified atom stereocenters. The van der Waals surface area contributed by atoms with Gasteiger partial charge in [-0.15, -0.1) is 0 Å². The summed E-state index contributed by atoms with van der Waals surface area (Å²) in [6.45, 7) is 0. The molecule has 0 amide bonds. The molecule has 3 rings (SSSR count). The second-order valence-electron chi connectivity index (χ2n) is 3.62. The molecule has 1 aromatic carbocycles. The molecule has 0 fully saturated rings. The number of hydrogen-bond donors (Lipinski definition) is 0. The highest BCUT2D eigenvalue weighted by molar-refractivity contribution is 5.78. The van der Waals surface area contributed by atoms with Gasteiger partial charge in [-0.05, 0) is 30.3 Å². The minimum absolute atomic E-state index is 0.621. The Morgan fingerprint density at radius 1 is 1.12 bits per heavy atom. The largest absolute Gasteiger partial charge is 0.283 e. The molecule has 0 aliphatic heterocycles. The van der Waals surface area contributed by atoms with E-state index in [0.717, 1.165) is 16.9 Å². The average Bonchev–Trinajstić information content (AvgIpc) is 2.82. The van der Waals surface area contributed by atoms with Crippen LogP contribution in [0.3, 0.4) is 0 Å². The Balaban J connectivity index is 2.28. The van der Waals surface area contributed by atoms with Gasteiger partial charge in [0.1, 0.15) is 12.1 Å². The highest BCUT2D eigenvalue weighted by Crippen LogP contribution is 2.17. The molecule has 0 saturated carbocycles. The third kappa shape index (κ3) is 1.54. The van der Waals surface area contributed by atoms with Gasteiger partial charge in [-0.1, -0.05) is 6.07 Å². The van der Waals surface area contributed by atoms with E-state index < -0.39 is 0 Å². The number of nitrogens with zero attached hydrogens (tertiary/aromatic N) is 4. The lowest BCUT2D eigenvalue weighted by molar-refractivity contribution is 1.02. The van der Waals surface area contributed by atoms with Crippen LogP contribution < -0.4 is 0 Å². The number of aromatic nitrogens is 3. The van der Waals surface area contributed by atoms with Crippen LogP contribution in [0.2, 0.25) is 0 Å². The highest BCUT2D eigenvalue weighted by Gasteiger charge is 2.05. The zero-order chi connectivity index (χ0) is 11.7. The third-order valence-corrected chi connectivity index (χ3v) is 2.57. The van der Waals surface area contributed by atoms with E-state index >= 15 is 0 Å². The lowest BCUT2D eigenvalue weighted by Gasteiger charge is -2.02. The van der Waals surface area contributed by atoms with E-state index in [1.54, 1.807) is 18.6 Å². The molecule has 0 bridgehead atoms. The standard InChI is InChI=1S/C13H8N4/c14-8-10-4-5-11-12(7-10)17(9-16-11)13-3-1-2-6-15-13/h1-7,9H. The minimum atomic E-state index is 0.621. The Labute approximate surface area is 97.8 Å². The van der Waals surface area contributed by atoms with E-state index in [1.165, 1.54) is 0 Å². The summed E-state index contributed by atoms with van der Waals surface area (Å²) < 4.78 is 1.87. The molecule has 0 atom stereocenters. The number of rotatable bonds is 1. The predicted octanol–water partition coefficient (Wildman–Crippen LogP) is 2.29. The maximum absolute atomic E-state index is 8.90. The zero-order valence-electron chi connectivity index (χ0n) is 8.91. The van der Waals surface area contributed by atoms with E-state index in [4.69, 9.17) is 5.26 Å². The van der Waals surface area contributed by atoms with Gasteiger partial charge in [0.2, 0.25) is 0 Å². The van der Waals surface area contributed by atoms with Crippen LogP contribution in [0, 0.1) is 11.3 Å². The van der Waals surface area contributed by atoms with Crippen molar-refractivity contribution in [2.45, 2.75) is 0 Å². The topological polar surface area (TPSA) is 54.5 Å². The molecule has 2 heterocycles. The molecule has 0 saturated heterocycles. The number of pyridine rings is 1. The summed E-state index contributed by atoms with van der Waals surface area (Å²) in [7, 11) is 0. The van der Waals surface area contributed by atoms with Crippen molar-refractivity contribution in [1.29, 1.82) is 5.26 Å². The van der Waals surface area contributed by atoms with Crippen LogP contribution in [0.5, 0.6) is 0 Å². The first-order chi connectivity index (χ1) is 8.38. The number of nitriles is 1. The Morgan fingerprint density at radius 2 is 2.06 bits per heavy atom. The maximum atomic E-state index is 8.90. The molecule has 80 valence electrons. The number of imidazole rings is 1. The van der Waals surface area contributed by atoms with Gasteiger partial charge in [0.15, 0.2) is 0 Å². The normalized spacial score (nSPS) is 10.3. The minimum Gasteiger partial charge on any atom is -0.283 e. The van der Waals surface area contributed by atoms with Gasteiger partial charge >= 0.3 is 0 Å². The molecule has 0 aliphatic carbocycles. The van der Waals surface area contributed by atoms with Gasteiger partial charge in [-0.2, -0.15) is 5.26 Å². The monoisotopic (exact) mass is 220 g/mol. The van der Waals surface area contributed by atoms with Gasteiger partial charge in [-0.3, -0.25) is 4.57 Å². The molecule has 0 spiro atoms. The van der Waals surface area contributed by atoms with Crippen LogP contribution in [0.25, 0.3) is 16.9 Å². The van der Waals surface area contributed by atoms with E-state index in [2.05, 4.69) is 16.0 Å². The van der Waals surface area contributed by atoms with E-state index in [0.29, 0.717) is 5.56 Å². The second-order valence-corrected chi connectivity index (χ2v) is 3.62. The Kier molecular flexibility index (Phi) is 2.09. The maximum Gasteiger partial charge on any atom is 0.138 e. The fourth-order valence-electron chi connectivity index (χ4n) is 1.76. The van der Waals surface area contributed by atoms with Crippen molar-refractivity contribution in [3.05, 3.63) is 54.5 Å². The summed E-state index contributed by atoms with van der Waals surface area (Å²) in [6, 6.07) is 13.2. The highest BCUT2D eigenvalue weighted by atomic mass is 15.1. The fourth-order valence-corrected chi connectivity index (χ4v) is 1.76. The van der Waals surface area contributed by atoms with Crippen molar-refractivity contribution in [1.82, 2.24) is 14.5 Å². The predicted molar refractivity (Wildman–Crippen MR) is 63.6 cm³/mol. The second kappa shape index (κ2) is 3.72. The first-order valence-corrected chi connectivity index (χ1v) is 5.17. The zero-order valence-corrected chi connectivity index (χ0v) is 8.91. The van der Waals surface area contributed by atoms with Crippen molar-refractivity contribution >= 4 is 11.0 Å². The molecule has 4 nitrogen and oxygen atoms in total. The summed E-state index contributed by atoms with van der Waals surface area (Å²) >= 11 is 0. The van der Waals surface area contributed by atoms with E-state index in [9.17, 15) is 0 Å². The summed E-state index contributed by atoms with van der Waals surface area (Å²) in [5.74, 6) is 0.796. The Bertz CT molecular complexity index is 707. The van der Waals surface area contributed by atoms with Gasteiger partial charge in [0, 0.05) is 6.20 Å². The molecule has 3 aromatic rings. The van der Waals surface area contributed by atoms with Crippen molar-refractivity contribution in [3.63, 3.8) is 0 Å². The summed E-state index contributed by atoms with van der Waals surface area (Å²) in [5.41, 5.74) is 2.37. The van der Waals surface area contributed by atoms with Crippen molar-refractivity contribution < 1.29 is 0 Å². The smallest absolute Gasteiger partial charge is 0.138 e. The third-order valence-electron chi connectivity index (χ3n) is 2.57. The molecule has 4 heteroatoms. The average molecular weight is 220 g/mol. The number of fused-ring (bicyclic) bond motifs is 1. The van der Waals surface area contributed by atoms with Gasteiger partial charge in [0.05, 0.1) is 22.7 Å². The van der Waals surface area contributed by atoms with Crippen molar-refractivity contribution in [2.75, 3.05) is 0 Å². The first kappa shape index (κ1) is 9.55. The molecular weight excluding hydrogens is 212 g/mol. The van der Waals surface area contributed by atoms with Gasteiger partial charge < -0.3 is 0 Å². The SMILES string of the molecule is N#Cc1ccc2ncn(-c3ccccn3)c2c1. The first-order valence-electron chi connectivity index (χ1n) is 5.17. The van der Waals surface area contributed by atoms with Crippen LogP contribution in [0.1, 0.15) is 5.56 Å². The lowest BCUT2D eigenvalue weighted by Crippen LogP contribution is -1.94. The molecular formula is C13H8N4. The van der Waals surface area contributed by atoms with Crippen molar-refractivity contribution in [3.8, 4) is 11.9 Å². The van der Waals surface area contributed by atoms with Crippen LogP contribution in [0.4, 0.5) is 0 Å². The summed E-state index contributed by atoms with van der Waals surface area (Å²) in [5, 5.41) is 8.90. The van der Waals surface area contributed by atoms with Crippen LogP contribution in [-0.2, 0) is 0 Å².